The number of nitrogens with zero attached hydrogens (tertiary/aromatic N) is 5. The van der Waals surface area contributed by atoms with Gasteiger partial charge in [0.2, 0.25) is 11.9 Å². The van der Waals surface area contributed by atoms with E-state index in [0.717, 1.165) is 68.8 Å². The summed E-state index contributed by atoms with van der Waals surface area (Å²) in [5, 5.41) is 9.87. The van der Waals surface area contributed by atoms with Crippen LogP contribution in [-0.4, -0.2) is 58.8 Å². The number of ether oxygens (including phenoxy) is 1. The Hall–Kier alpha value is -2.06. The molecule has 1 aromatic heterocycles. The Labute approximate surface area is 188 Å². The second-order valence-electron chi connectivity index (χ2n) is 8.66. The molecule has 1 saturated heterocycles. The molecule has 2 aliphatic carbocycles. The van der Waals surface area contributed by atoms with Crippen molar-refractivity contribution in [3.63, 3.8) is 0 Å². The molecular formula is C23H31N5O2S. The van der Waals surface area contributed by atoms with Gasteiger partial charge in [0, 0.05) is 30.9 Å². The van der Waals surface area contributed by atoms with Crippen LogP contribution in [0, 0.1) is 0 Å². The first-order chi connectivity index (χ1) is 15.3. The molecule has 3 aliphatic rings. The number of aromatic nitrogens is 3. The minimum absolute atomic E-state index is 0.168. The molecule has 2 aromatic rings. The molecule has 2 heterocycles. The lowest BCUT2D eigenvalue weighted by Crippen LogP contribution is -2.42. The highest BCUT2D eigenvalue weighted by molar-refractivity contribution is 7.99. The van der Waals surface area contributed by atoms with Crippen LogP contribution in [0.5, 0.6) is 0 Å². The number of carbonyl (C=O) groups is 1. The van der Waals surface area contributed by atoms with Gasteiger partial charge < -0.3 is 14.5 Å². The monoisotopic (exact) mass is 441 g/mol. The van der Waals surface area contributed by atoms with Gasteiger partial charge in [-0.3, -0.25) is 9.36 Å². The molecule has 0 atom stereocenters. The van der Waals surface area contributed by atoms with E-state index in [9.17, 15) is 4.79 Å². The Bertz CT molecular complexity index is 873. The average Bonchev–Trinajstić information content (AvgIpc) is 3.58. The van der Waals surface area contributed by atoms with Crippen molar-refractivity contribution in [1.82, 2.24) is 14.8 Å². The normalized spacial score (nSPS) is 20.1. The molecule has 0 bridgehead atoms. The quantitative estimate of drug-likeness (QED) is 0.607. The fourth-order valence-corrected chi connectivity index (χ4v) is 5.54. The summed E-state index contributed by atoms with van der Waals surface area (Å²) in [5.41, 5.74) is 1.01. The zero-order valence-corrected chi connectivity index (χ0v) is 18.8. The van der Waals surface area contributed by atoms with Crippen molar-refractivity contribution in [2.45, 2.75) is 62.2 Å². The summed E-state index contributed by atoms with van der Waals surface area (Å²) < 4.78 is 7.76. The van der Waals surface area contributed by atoms with E-state index in [-0.39, 0.29) is 5.91 Å². The van der Waals surface area contributed by atoms with Crippen LogP contribution in [0.25, 0.3) is 0 Å². The van der Waals surface area contributed by atoms with Gasteiger partial charge >= 0.3 is 0 Å². The molecule has 3 fully saturated rings. The van der Waals surface area contributed by atoms with Crippen LogP contribution in [0.1, 0.15) is 51.0 Å². The molecule has 5 rings (SSSR count). The minimum atomic E-state index is 0.168. The maximum atomic E-state index is 13.4. The minimum Gasteiger partial charge on any atom is -0.378 e. The molecule has 31 heavy (non-hydrogen) atoms. The van der Waals surface area contributed by atoms with Crippen molar-refractivity contribution in [3.05, 3.63) is 30.3 Å². The lowest BCUT2D eigenvalue weighted by Gasteiger charge is -2.34. The summed E-state index contributed by atoms with van der Waals surface area (Å²) in [5.74, 6) is 1.49. The van der Waals surface area contributed by atoms with E-state index in [0.29, 0.717) is 17.8 Å². The number of morpholine rings is 1. The summed E-state index contributed by atoms with van der Waals surface area (Å²) in [4.78, 5) is 17.8. The van der Waals surface area contributed by atoms with Crippen LogP contribution in [0.15, 0.2) is 35.5 Å². The second kappa shape index (κ2) is 9.61. The van der Waals surface area contributed by atoms with Crippen molar-refractivity contribution in [2.75, 3.05) is 41.9 Å². The zero-order chi connectivity index (χ0) is 21.0. The van der Waals surface area contributed by atoms with Crippen molar-refractivity contribution < 1.29 is 9.53 Å². The van der Waals surface area contributed by atoms with E-state index in [4.69, 9.17) is 4.74 Å². The number of hydrogen-bond acceptors (Lipinski definition) is 6. The van der Waals surface area contributed by atoms with E-state index in [1.54, 1.807) is 0 Å². The summed E-state index contributed by atoms with van der Waals surface area (Å²) >= 11 is 1.54. The number of benzene rings is 1. The topological polar surface area (TPSA) is 63.5 Å². The molecule has 1 amide bonds. The summed E-state index contributed by atoms with van der Waals surface area (Å²) in [6, 6.07) is 10.9. The third-order valence-corrected chi connectivity index (χ3v) is 7.35. The first kappa shape index (κ1) is 20.8. The van der Waals surface area contributed by atoms with Gasteiger partial charge in [0.1, 0.15) is 0 Å². The van der Waals surface area contributed by atoms with Gasteiger partial charge in [0.25, 0.3) is 0 Å². The molecular weight excluding hydrogens is 410 g/mol. The molecule has 166 valence electrons. The molecule has 0 spiro atoms. The number of hydrogen-bond donors (Lipinski definition) is 0. The first-order valence-electron chi connectivity index (χ1n) is 11.6. The molecule has 1 aromatic carbocycles. The van der Waals surface area contributed by atoms with E-state index in [1.807, 2.05) is 23.1 Å². The van der Waals surface area contributed by atoms with Crippen LogP contribution in [0.4, 0.5) is 11.6 Å². The SMILES string of the molecule is O=C(CSc1nnc(N2CCOCC2)n1C1CC1)N(c1ccccc1)C1CCCCC1. The smallest absolute Gasteiger partial charge is 0.237 e. The fourth-order valence-electron chi connectivity index (χ4n) is 4.68. The van der Waals surface area contributed by atoms with Gasteiger partial charge in [-0.15, -0.1) is 10.2 Å². The van der Waals surface area contributed by atoms with Crippen LogP contribution < -0.4 is 9.80 Å². The lowest BCUT2D eigenvalue weighted by atomic mass is 9.93. The Morgan fingerprint density at radius 3 is 2.48 bits per heavy atom. The van der Waals surface area contributed by atoms with Gasteiger partial charge in [-0.1, -0.05) is 49.2 Å². The number of thioether (sulfide) groups is 1. The van der Waals surface area contributed by atoms with Crippen LogP contribution in [0.2, 0.25) is 0 Å². The number of anilines is 2. The van der Waals surface area contributed by atoms with Gasteiger partial charge in [0.05, 0.1) is 19.0 Å². The third kappa shape index (κ3) is 4.75. The second-order valence-corrected chi connectivity index (χ2v) is 9.61. The van der Waals surface area contributed by atoms with Crippen LogP contribution >= 0.6 is 11.8 Å². The molecule has 0 N–H and O–H groups in total. The van der Waals surface area contributed by atoms with Gasteiger partial charge in [-0.25, -0.2) is 0 Å². The Morgan fingerprint density at radius 1 is 1.03 bits per heavy atom. The first-order valence-corrected chi connectivity index (χ1v) is 12.6. The Morgan fingerprint density at radius 2 is 1.77 bits per heavy atom. The molecule has 0 radical (unpaired) electrons. The maximum absolute atomic E-state index is 13.4. The predicted octanol–water partition coefficient (Wildman–Crippen LogP) is 3.91. The van der Waals surface area contributed by atoms with Crippen molar-refractivity contribution >= 4 is 29.3 Å². The van der Waals surface area contributed by atoms with E-state index >= 15 is 0 Å². The van der Waals surface area contributed by atoms with Crippen LogP contribution in [-0.2, 0) is 9.53 Å². The largest absolute Gasteiger partial charge is 0.378 e. The van der Waals surface area contributed by atoms with E-state index < -0.39 is 0 Å². The predicted molar refractivity (Wildman–Crippen MR) is 123 cm³/mol. The molecule has 1 aliphatic heterocycles. The highest BCUT2D eigenvalue weighted by atomic mass is 32.2. The summed E-state index contributed by atoms with van der Waals surface area (Å²) in [7, 11) is 0. The van der Waals surface area contributed by atoms with Crippen molar-refractivity contribution in [1.29, 1.82) is 0 Å². The lowest BCUT2D eigenvalue weighted by molar-refractivity contribution is -0.116. The molecule has 7 nitrogen and oxygen atoms in total. The molecule has 0 unspecified atom stereocenters. The summed E-state index contributed by atoms with van der Waals surface area (Å²) in [6.45, 7) is 3.15. The highest BCUT2D eigenvalue weighted by Crippen LogP contribution is 2.41. The Kier molecular flexibility index (Phi) is 6.45. The Balaban J connectivity index is 1.32. The van der Waals surface area contributed by atoms with Gasteiger partial charge in [-0.05, 0) is 37.8 Å². The maximum Gasteiger partial charge on any atom is 0.237 e. The van der Waals surface area contributed by atoms with Crippen molar-refractivity contribution in [3.8, 4) is 0 Å². The molecule has 8 heteroatoms. The van der Waals surface area contributed by atoms with Gasteiger partial charge in [0.15, 0.2) is 5.16 Å². The average molecular weight is 442 g/mol. The number of carbonyl (C=O) groups excluding carboxylic acids is 1. The third-order valence-electron chi connectivity index (χ3n) is 6.42. The number of amides is 1. The van der Waals surface area contributed by atoms with E-state index in [2.05, 4.69) is 31.8 Å². The summed E-state index contributed by atoms with van der Waals surface area (Å²) in [6.07, 6.45) is 8.18. The van der Waals surface area contributed by atoms with Crippen LogP contribution in [0.3, 0.4) is 0 Å². The fraction of sp³-hybridized carbons (Fsp3) is 0.609. The van der Waals surface area contributed by atoms with Crippen molar-refractivity contribution in [2.24, 2.45) is 0 Å². The van der Waals surface area contributed by atoms with E-state index in [1.165, 1.54) is 31.0 Å². The standard InChI is InChI=1S/C23H31N5O2S/c29-21(27(18-7-3-1-4-8-18)19-9-5-2-6-10-19)17-31-23-25-24-22(28(23)20-11-12-20)26-13-15-30-16-14-26/h1,3-4,7-8,19-20H,2,5-6,9-17H2. The highest BCUT2D eigenvalue weighted by Gasteiger charge is 2.33. The number of rotatable bonds is 7. The number of para-hydroxylation sites is 1. The molecule has 2 saturated carbocycles. The zero-order valence-electron chi connectivity index (χ0n) is 18.0. The van der Waals surface area contributed by atoms with Gasteiger partial charge in [-0.2, -0.15) is 0 Å².